The summed E-state index contributed by atoms with van der Waals surface area (Å²) in [6.07, 6.45) is 7.54. The first-order valence-corrected chi connectivity index (χ1v) is 16.6. The Morgan fingerprint density at radius 3 is 2.48 bits per heavy atom. The van der Waals surface area contributed by atoms with Crippen molar-refractivity contribution in [1.29, 1.82) is 0 Å². The number of amides is 1. The molecule has 5 unspecified atom stereocenters. The number of aliphatic hydroxyl groups excluding tert-OH is 2. The number of ether oxygens (including phenoxy) is 2. The zero-order chi connectivity index (χ0) is 30.0. The van der Waals surface area contributed by atoms with Crippen LogP contribution in [0.1, 0.15) is 84.5 Å². The van der Waals surface area contributed by atoms with E-state index in [0.717, 1.165) is 57.9 Å². The van der Waals surface area contributed by atoms with E-state index >= 15 is 0 Å². The van der Waals surface area contributed by atoms with Gasteiger partial charge in [0.1, 0.15) is 6.04 Å². The van der Waals surface area contributed by atoms with Gasteiger partial charge in [0.25, 0.3) is 0 Å². The lowest BCUT2D eigenvalue weighted by atomic mass is 9.42. The normalized spacial score (nSPS) is 46.1. The molecule has 1 spiro atoms. The first-order valence-electron chi connectivity index (χ1n) is 16.6. The van der Waals surface area contributed by atoms with E-state index in [1.807, 2.05) is 21.0 Å². The highest BCUT2D eigenvalue weighted by molar-refractivity contribution is 5.87. The smallest absolute Gasteiger partial charge is 0.326 e. The highest BCUT2D eigenvalue weighted by atomic mass is 16.5. The second-order valence-corrected chi connectivity index (χ2v) is 14.9. The van der Waals surface area contributed by atoms with Crippen molar-refractivity contribution in [3.05, 3.63) is 0 Å². The number of carbonyl (C=O) groups excluding carboxylic acids is 1. The molecule has 11 atom stereocenters. The van der Waals surface area contributed by atoms with Gasteiger partial charge in [-0.15, -0.1) is 0 Å². The largest absolute Gasteiger partial charge is 0.480 e. The van der Waals surface area contributed by atoms with Crippen molar-refractivity contribution in [3.63, 3.8) is 0 Å². The second-order valence-electron chi connectivity index (χ2n) is 14.9. The van der Waals surface area contributed by atoms with Gasteiger partial charge < -0.3 is 40.3 Å². The molecule has 1 amide bonds. The van der Waals surface area contributed by atoms with Crippen LogP contribution in [0.4, 0.5) is 0 Å². The van der Waals surface area contributed by atoms with Gasteiger partial charge in [-0.25, -0.2) is 4.79 Å². The topological polar surface area (TPSA) is 141 Å². The molecule has 6 fully saturated rings. The minimum atomic E-state index is -1.01. The maximum atomic E-state index is 13.8. The Kier molecular flexibility index (Phi) is 8.46. The van der Waals surface area contributed by atoms with Gasteiger partial charge in [0.15, 0.2) is 0 Å². The number of carboxylic acid groups (broad SMARTS) is 1. The summed E-state index contributed by atoms with van der Waals surface area (Å²) in [6, 6.07) is -1.33. The van der Waals surface area contributed by atoms with E-state index in [0.29, 0.717) is 31.2 Å². The number of carbonyl (C=O) groups is 2. The summed E-state index contributed by atoms with van der Waals surface area (Å²) < 4.78 is 13.6. The summed E-state index contributed by atoms with van der Waals surface area (Å²) in [5.74, 6) is -0.460. The van der Waals surface area contributed by atoms with Crippen LogP contribution < -0.4 is 10.6 Å². The Hall–Kier alpha value is -1.30. The summed E-state index contributed by atoms with van der Waals surface area (Å²) in [5, 5.41) is 37.6. The van der Waals surface area contributed by atoms with Crippen molar-refractivity contribution >= 4 is 11.9 Å². The van der Waals surface area contributed by atoms with E-state index < -0.39 is 24.2 Å². The fraction of sp³-hybridized carbons (Fsp3) is 0.938. The van der Waals surface area contributed by atoms with E-state index in [1.54, 1.807) is 0 Å². The molecule has 4 saturated carbocycles. The van der Waals surface area contributed by atoms with Gasteiger partial charge in [-0.3, -0.25) is 4.79 Å². The van der Waals surface area contributed by atoms with Crippen molar-refractivity contribution in [2.24, 2.45) is 29.1 Å². The van der Waals surface area contributed by atoms with E-state index in [1.165, 1.54) is 0 Å². The molecule has 0 aromatic rings. The van der Waals surface area contributed by atoms with Crippen molar-refractivity contribution in [3.8, 4) is 0 Å². The highest BCUT2D eigenvalue weighted by Gasteiger charge is 2.78. The molecule has 0 aromatic carbocycles. The standard InChI is InChI=1S/C32H53N3O7/c1-17(2)26(29(38)34-22(30(39)40)15-18-5-8-20(36)9-6-18)33-21-11-12-32(41-4)24-16-19-7-10-23(37)27-25(19)31(32,28(21)42-27)13-14-35(24)3/h17-28,33,36-37H,5-16H2,1-4H3,(H,34,38)(H,39,40)/t18?,19?,20?,21-,22-,23?,24?,25?,26-,27?,28-,31-,32+/m0/s1. The monoisotopic (exact) mass is 591 g/mol. The number of likely N-dealkylation sites (tertiary alicyclic amines) is 1. The number of aliphatic hydroxyl groups is 2. The van der Waals surface area contributed by atoms with Gasteiger partial charge in [-0.05, 0) is 102 Å². The van der Waals surface area contributed by atoms with Gasteiger partial charge in [-0.2, -0.15) is 0 Å². The third kappa shape index (κ3) is 4.74. The summed E-state index contributed by atoms with van der Waals surface area (Å²) in [7, 11) is 4.07. The molecule has 238 valence electrons. The Labute approximate surface area is 250 Å². The zero-order valence-corrected chi connectivity index (χ0v) is 25.8. The minimum Gasteiger partial charge on any atom is -0.480 e. The maximum Gasteiger partial charge on any atom is 0.326 e. The average molecular weight is 592 g/mol. The molecule has 0 radical (unpaired) electrons. The van der Waals surface area contributed by atoms with Crippen LogP contribution in [0.5, 0.6) is 0 Å². The second kappa shape index (κ2) is 11.6. The molecule has 10 nitrogen and oxygen atoms in total. The summed E-state index contributed by atoms with van der Waals surface area (Å²) in [5.41, 5.74) is -0.593. The number of aliphatic carboxylic acids is 1. The van der Waals surface area contributed by atoms with Gasteiger partial charge in [0.05, 0.1) is 36.1 Å². The van der Waals surface area contributed by atoms with Crippen LogP contribution in [0.15, 0.2) is 0 Å². The average Bonchev–Trinajstić information content (AvgIpc) is 3.32. The van der Waals surface area contributed by atoms with Crippen LogP contribution in [0.25, 0.3) is 0 Å². The number of nitrogens with zero attached hydrogens (tertiary/aromatic N) is 1. The number of hydrogen-bond acceptors (Lipinski definition) is 8. The molecule has 2 bridgehead atoms. The fourth-order valence-corrected chi connectivity index (χ4v) is 10.7. The third-order valence-electron chi connectivity index (χ3n) is 12.6. The lowest BCUT2D eigenvalue weighted by molar-refractivity contribution is -0.269. The van der Waals surface area contributed by atoms with Crippen LogP contribution in [0, 0.1) is 29.1 Å². The number of carboxylic acids is 1. The predicted octanol–water partition coefficient (Wildman–Crippen LogP) is 1.91. The minimum absolute atomic E-state index is 0.0607. The first kappa shape index (κ1) is 30.7. The molecule has 4 aliphatic carbocycles. The zero-order valence-electron chi connectivity index (χ0n) is 25.8. The third-order valence-corrected chi connectivity index (χ3v) is 12.6. The molecule has 42 heavy (non-hydrogen) atoms. The molecule has 10 heteroatoms. The highest BCUT2D eigenvalue weighted by Crippen LogP contribution is 2.70. The first-order chi connectivity index (χ1) is 20.0. The van der Waals surface area contributed by atoms with Crippen LogP contribution in [0.2, 0.25) is 0 Å². The van der Waals surface area contributed by atoms with E-state index in [4.69, 9.17) is 9.47 Å². The Morgan fingerprint density at radius 1 is 1.07 bits per heavy atom. The summed E-state index contributed by atoms with van der Waals surface area (Å²) in [4.78, 5) is 28.5. The fourth-order valence-electron chi connectivity index (χ4n) is 10.7. The lowest BCUT2D eigenvalue weighted by Crippen LogP contribution is -2.79. The molecule has 2 aliphatic heterocycles. The van der Waals surface area contributed by atoms with Crippen molar-refractivity contribution in [2.75, 3.05) is 20.7 Å². The van der Waals surface area contributed by atoms with Crippen molar-refractivity contribution in [1.82, 2.24) is 15.5 Å². The van der Waals surface area contributed by atoms with Crippen LogP contribution in [0.3, 0.4) is 0 Å². The Bertz CT molecular complexity index is 1020. The van der Waals surface area contributed by atoms with E-state index in [9.17, 15) is 24.9 Å². The molecule has 2 heterocycles. The number of nitrogens with one attached hydrogen (secondary N) is 2. The lowest BCUT2D eigenvalue weighted by Gasteiger charge is -2.69. The molecular weight excluding hydrogens is 538 g/mol. The molecule has 0 aromatic heterocycles. The number of rotatable bonds is 9. The van der Waals surface area contributed by atoms with Gasteiger partial charge in [0, 0.05) is 30.5 Å². The van der Waals surface area contributed by atoms with Gasteiger partial charge in [0.2, 0.25) is 5.91 Å². The van der Waals surface area contributed by atoms with Crippen LogP contribution in [-0.4, -0.2) is 107 Å². The molecule has 6 aliphatic rings. The van der Waals surface area contributed by atoms with E-state index in [-0.39, 0.29) is 59.0 Å². The summed E-state index contributed by atoms with van der Waals surface area (Å²) >= 11 is 0. The molecule has 2 saturated heterocycles. The Morgan fingerprint density at radius 2 is 1.81 bits per heavy atom. The van der Waals surface area contributed by atoms with Crippen molar-refractivity contribution in [2.45, 2.75) is 139 Å². The molecule has 6 rings (SSSR count). The number of hydrogen-bond donors (Lipinski definition) is 5. The quantitative estimate of drug-likeness (QED) is 0.272. The van der Waals surface area contributed by atoms with Crippen LogP contribution in [-0.2, 0) is 19.1 Å². The SMILES string of the molecule is CO[C@]12CC[C@H](N[C@H](C(=O)N[C@@H](CC3CCC(O)CC3)C(=O)O)C(C)C)[C@@H]3OC4C(O)CCC5CC1N(C)CC[C@]32C54. The summed E-state index contributed by atoms with van der Waals surface area (Å²) in [6.45, 7) is 4.95. The van der Waals surface area contributed by atoms with Crippen molar-refractivity contribution < 1.29 is 34.4 Å². The van der Waals surface area contributed by atoms with Gasteiger partial charge in [-0.1, -0.05) is 13.8 Å². The number of methoxy groups -OCH3 is 1. The molecule has 5 N–H and O–H groups in total. The number of likely N-dealkylation sites (N-methyl/N-ethyl adjacent to an activating group) is 1. The van der Waals surface area contributed by atoms with E-state index in [2.05, 4.69) is 22.6 Å². The van der Waals surface area contributed by atoms with Crippen LogP contribution >= 0.6 is 0 Å². The molecular formula is C32H53N3O7. The maximum absolute atomic E-state index is 13.8. The Balaban J connectivity index is 1.24. The van der Waals surface area contributed by atoms with Gasteiger partial charge >= 0.3 is 5.97 Å². The number of piperidine rings is 1. The predicted molar refractivity (Wildman–Crippen MR) is 156 cm³/mol.